The van der Waals surface area contributed by atoms with Gasteiger partial charge in [-0.05, 0) is 42.3 Å². The van der Waals surface area contributed by atoms with E-state index < -0.39 is 12.0 Å². The summed E-state index contributed by atoms with van der Waals surface area (Å²) in [5.41, 5.74) is 2.54. The molecule has 0 spiro atoms. The summed E-state index contributed by atoms with van der Waals surface area (Å²) in [7, 11) is 0. The van der Waals surface area contributed by atoms with E-state index in [-0.39, 0.29) is 17.6 Å². The first-order valence-corrected chi connectivity index (χ1v) is 12.1. The number of pyridine rings is 1. The Morgan fingerprint density at radius 2 is 1.78 bits per heavy atom. The lowest BCUT2D eigenvalue weighted by molar-refractivity contribution is -0.137. The Labute approximate surface area is 209 Å². The first-order chi connectivity index (χ1) is 17.5. The Hall–Kier alpha value is -4.14. The van der Waals surface area contributed by atoms with E-state index in [0.29, 0.717) is 51.3 Å². The predicted octanol–water partition coefficient (Wildman–Crippen LogP) is 2.77. The van der Waals surface area contributed by atoms with Gasteiger partial charge in [-0.3, -0.25) is 9.59 Å². The smallest absolute Gasteiger partial charge is 0.339 e. The number of piperazine rings is 1. The van der Waals surface area contributed by atoms with Gasteiger partial charge in [-0.25, -0.2) is 9.78 Å². The molecule has 2 amide bonds. The van der Waals surface area contributed by atoms with Crippen LogP contribution in [0.4, 0.5) is 5.82 Å². The maximum atomic E-state index is 13.7. The highest BCUT2D eigenvalue weighted by atomic mass is 16.5. The zero-order chi connectivity index (χ0) is 25.1. The maximum Gasteiger partial charge on any atom is 0.339 e. The van der Waals surface area contributed by atoms with Crippen LogP contribution in [0.2, 0.25) is 0 Å². The molecular formula is C27H28N4O5. The van der Waals surface area contributed by atoms with E-state index in [1.807, 2.05) is 29.2 Å². The molecule has 1 aromatic carbocycles. The Morgan fingerprint density at radius 1 is 1.00 bits per heavy atom. The largest absolute Gasteiger partial charge is 0.462 e. The van der Waals surface area contributed by atoms with Crippen LogP contribution < -0.4 is 4.90 Å². The van der Waals surface area contributed by atoms with Crippen molar-refractivity contribution in [2.24, 2.45) is 0 Å². The lowest BCUT2D eigenvalue weighted by Gasteiger charge is -2.41. The Morgan fingerprint density at radius 3 is 2.44 bits per heavy atom. The number of hydrogen-bond acceptors (Lipinski definition) is 7. The molecule has 1 unspecified atom stereocenters. The molecule has 0 bridgehead atoms. The van der Waals surface area contributed by atoms with E-state index in [4.69, 9.17) is 9.15 Å². The fourth-order valence-electron chi connectivity index (χ4n) is 4.77. The SMILES string of the molecule is CCOC(=O)c1ccc(N2CCN(C(=O)C3Cc4ccccc4CN3C(=O)c3ccco3)CC2)nc1. The van der Waals surface area contributed by atoms with Crippen molar-refractivity contribution in [2.75, 3.05) is 37.7 Å². The molecule has 3 aromatic rings. The minimum absolute atomic E-state index is 0.0605. The van der Waals surface area contributed by atoms with Gasteiger partial charge < -0.3 is 23.9 Å². The van der Waals surface area contributed by atoms with Crippen molar-refractivity contribution in [1.29, 1.82) is 0 Å². The molecule has 0 aliphatic carbocycles. The van der Waals surface area contributed by atoms with E-state index in [9.17, 15) is 14.4 Å². The van der Waals surface area contributed by atoms with Crippen molar-refractivity contribution >= 4 is 23.6 Å². The van der Waals surface area contributed by atoms with Gasteiger partial charge >= 0.3 is 5.97 Å². The van der Waals surface area contributed by atoms with Gasteiger partial charge in [0, 0.05) is 45.3 Å². The van der Waals surface area contributed by atoms with E-state index in [2.05, 4.69) is 9.88 Å². The van der Waals surface area contributed by atoms with Crippen LogP contribution in [0.1, 0.15) is 39.0 Å². The molecule has 2 aliphatic rings. The van der Waals surface area contributed by atoms with E-state index >= 15 is 0 Å². The Kier molecular flexibility index (Phi) is 6.71. The number of anilines is 1. The summed E-state index contributed by atoms with van der Waals surface area (Å²) in [6.45, 7) is 4.68. The number of aromatic nitrogens is 1. The number of nitrogens with zero attached hydrogens (tertiary/aromatic N) is 4. The van der Waals surface area contributed by atoms with Gasteiger partial charge in [-0.2, -0.15) is 0 Å². The van der Waals surface area contributed by atoms with Gasteiger partial charge in [0.25, 0.3) is 5.91 Å². The molecule has 1 saturated heterocycles. The molecule has 2 aliphatic heterocycles. The van der Waals surface area contributed by atoms with Crippen molar-refractivity contribution in [3.8, 4) is 0 Å². The standard InChI is InChI=1S/C27H28N4O5/c1-2-35-27(34)20-9-10-24(28-17-20)29-11-13-30(14-12-29)25(32)22-16-19-6-3-4-7-21(19)18-31(22)26(33)23-8-5-15-36-23/h3-10,15,17,22H,2,11-14,16,18H2,1H3. The molecule has 186 valence electrons. The monoisotopic (exact) mass is 488 g/mol. The number of furan rings is 1. The van der Waals surface area contributed by atoms with Crippen molar-refractivity contribution < 1.29 is 23.5 Å². The van der Waals surface area contributed by atoms with E-state index in [0.717, 1.165) is 16.9 Å². The predicted molar refractivity (Wildman–Crippen MR) is 132 cm³/mol. The molecule has 9 heteroatoms. The minimum atomic E-state index is -0.592. The van der Waals surface area contributed by atoms with Crippen molar-refractivity contribution in [2.45, 2.75) is 25.9 Å². The molecule has 0 saturated carbocycles. The summed E-state index contributed by atoms with van der Waals surface area (Å²) in [4.78, 5) is 48.7. The van der Waals surface area contributed by atoms with Gasteiger partial charge in [0.15, 0.2) is 5.76 Å². The molecule has 0 N–H and O–H groups in total. The van der Waals surface area contributed by atoms with Crippen molar-refractivity contribution in [3.63, 3.8) is 0 Å². The third-order valence-electron chi connectivity index (χ3n) is 6.70. The lowest BCUT2D eigenvalue weighted by Crippen LogP contribution is -2.57. The highest BCUT2D eigenvalue weighted by molar-refractivity contribution is 5.96. The van der Waals surface area contributed by atoms with Crippen molar-refractivity contribution in [1.82, 2.24) is 14.8 Å². The molecule has 0 radical (unpaired) electrons. The number of benzene rings is 1. The van der Waals surface area contributed by atoms with Gasteiger partial charge in [0.1, 0.15) is 11.9 Å². The van der Waals surface area contributed by atoms with Crippen LogP contribution in [0.5, 0.6) is 0 Å². The number of hydrogen-bond donors (Lipinski definition) is 0. The minimum Gasteiger partial charge on any atom is -0.462 e. The summed E-state index contributed by atoms with van der Waals surface area (Å²) in [6, 6.07) is 14.1. The highest BCUT2D eigenvalue weighted by Gasteiger charge is 2.38. The molecule has 9 nitrogen and oxygen atoms in total. The molecule has 1 fully saturated rings. The maximum absolute atomic E-state index is 13.7. The number of carbonyl (C=O) groups excluding carboxylic acids is 3. The van der Waals surface area contributed by atoms with E-state index in [1.54, 1.807) is 36.1 Å². The second-order valence-electron chi connectivity index (χ2n) is 8.84. The summed E-state index contributed by atoms with van der Waals surface area (Å²) >= 11 is 0. The average Bonchev–Trinajstić information content (AvgIpc) is 3.47. The third-order valence-corrected chi connectivity index (χ3v) is 6.70. The van der Waals surface area contributed by atoms with Gasteiger partial charge in [-0.15, -0.1) is 0 Å². The molecule has 2 aromatic heterocycles. The number of amides is 2. The second kappa shape index (κ2) is 10.2. The van der Waals surface area contributed by atoms with Crippen LogP contribution in [0.3, 0.4) is 0 Å². The fourth-order valence-corrected chi connectivity index (χ4v) is 4.77. The van der Waals surface area contributed by atoms with Crippen LogP contribution in [0.15, 0.2) is 65.4 Å². The first-order valence-electron chi connectivity index (χ1n) is 12.1. The van der Waals surface area contributed by atoms with E-state index in [1.165, 1.54) is 12.5 Å². The normalized spacial score (nSPS) is 17.5. The molecule has 1 atom stereocenters. The average molecular weight is 489 g/mol. The fraction of sp³-hybridized carbons (Fsp3) is 0.333. The van der Waals surface area contributed by atoms with Gasteiger partial charge in [0.2, 0.25) is 5.91 Å². The topological polar surface area (TPSA) is 96.2 Å². The highest BCUT2D eigenvalue weighted by Crippen LogP contribution is 2.27. The second-order valence-corrected chi connectivity index (χ2v) is 8.84. The number of rotatable bonds is 5. The molecular weight excluding hydrogens is 460 g/mol. The summed E-state index contributed by atoms with van der Waals surface area (Å²) < 4.78 is 10.4. The van der Waals surface area contributed by atoms with Crippen LogP contribution >= 0.6 is 0 Å². The van der Waals surface area contributed by atoms with Crippen LogP contribution in [-0.2, 0) is 22.5 Å². The quantitative estimate of drug-likeness (QED) is 0.510. The molecule has 36 heavy (non-hydrogen) atoms. The number of fused-ring (bicyclic) bond motifs is 1. The number of carbonyl (C=O) groups is 3. The zero-order valence-electron chi connectivity index (χ0n) is 20.1. The lowest BCUT2D eigenvalue weighted by atomic mass is 9.92. The number of esters is 1. The molecule has 5 rings (SSSR count). The first kappa shape index (κ1) is 23.6. The van der Waals surface area contributed by atoms with Crippen LogP contribution in [0, 0.1) is 0 Å². The Bertz CT molecular complexity index is 1230. The molecule has 4 heterocycles. The number of ether oxygens (including phenoxy) is 1. The van der Waals surface area contributed by atoms with Crippen molar-refractivity contribution in [3.05, 3.63) is 83.4 Å². The zero-order valence-corrected chi connectivity index (χ0v) is 20.1. The summed E-state index contributed by atoms with van der Waals surface area (Å²) in [5, 5.41) is 0. The summed E-state index contributed by atoms with van der Waals surface area (Å²) in [5.74, 6) is 0.243. The van der Waals surface area contributed by atoms with Crippen LogP contribution in [-0.4, -0.2) is 71.4 Å². The summed E-state index contributed by atoms with van der Waals surface area (Å²) in [6.07, 6.45) is 3.45. The van der Waals surface area contributed by atoms with Gasteiger partial charge in [-0.1, -0.05) is 24.3 Å². The van der Waals surface area contributed by atoms with Crippen LogP contribution in [0.25, 0.3) is 0 Å². The van der Waals surface area contributed by atoms with Gasteiger partial charge in [0.05, 0.1) is 18.4 Å². The third kappa shape index (κ3) is 4.68. The Balaban J connectivity index is 1.28.